The molecule has 0 amide bonds. The molecule has 0 N–H and O–H groups in total. The first-order valence-electron chi connectivity index (χ1n) is 8.75. The number of carbonyl (C=O) groups excluding carboxylic acids is 1. The van der Waals surface area contributed by atoms with E-state index in [9.17, 15) is 4.79 Å². The Labute approximate surface area is 162 Å². The Hall–Kier alpha value is -3.92. The fourth-order valence-corrected chi connectivity index (χ4v) is 2.76. The first kappa shape index (κ1) is 17.5. The van der Waals surface area contributed by atoms with Crippen LogP contribution in [0.2, 0.25) is 0 Å². The van der Waals surface area contributed by atoms with Gasteiger partial charge in [-0.3, -0.25) is 4.79 Å². The first-order chi connectivity index (χ1) is 13.8. The van der Waals surface area contributed by atoms with E-state index in [1.807, 2.05) is 54.6 Å². The van der Waals surface area contributed by atoms with Crippen LogP contribution in [0.1, 0.15) is 15.9 Å². The molecule has 0 atom stereocenters. The van der Waals surface area contributed by atoms with E-state index in [4.69, 9.17) is 9.15 Å². The molecule has 0 bridgehead atoms. The number of ether oxygens (including phenoxy) is 1. The van der Waals surface area contributed by atoms with E-state index >= 15 is 0 Å². The van der Waals surface area contributed by atoms with Gasteiger partial charge in [0.2, 0.25) is 5.89 Å². The lowest BCUT2D eigenvalue weighted by Gasteiger charge is -2.08. The van der Waals surface area contributed by atoms with Gasteiger partial charge in [-0.2, -0.15) is 0 Å². The summed E-state index contributed by atoms with van der Waals surface area (Å²) in [4.78, 5) is 16.9. The van der Waals surface area contributed by atoms with E-state index < -0.39 is 0 Å². The second-order valence-corrected chi connectivity index (χ2v) is 5.96. The van der Waals surface area contributed by atoms with Crippen molar-refractivity contribution in [3.05, 3.63) is 109 Å². The molecule has 3 aromatic carbocycles. The van der Waals surface area contributed by atoms with Crippen LogP contribution >= 0.6 is 0 Å². The summed E-state index contributed by atoms with van der Waals surface area (Å²) in [6.07, 6.45) is 6.29. The maximum atomic E-state index is 12.8. The maximum absolute atomic E-state index is 12.8. The Morgan fingerprint density at radius 3 is 2.68 bits per heavy atom. The Balaban J connectivity index is 1.60. The van der Waals surface area contributed by atoms with E-state index in [2.05, 4.69) is 11.1 Å². The van der Waals surface area contributed by atoms with Gasteiger partial charge < -0.3 is 9.15 Å². The molecule has 0 saturated carbocycles. The highest BCUT2D eigenvalue weighted by atomic mass is 16.5. The average Bonchev–Trinajstić information content (AvgIpc) is 3.28. The summed E-state index contributed by atoms with van der Waals surface area (Å²) in [5, 5.41) is 0. The number of allylic oxidation sites excluding steroid dienone is 1. The van der Waals surface area contributed by atoms with Crippen LogP contribution in [0.5, 0.6) is 11.5 Å². The summed E-state index contributed by atoms with van der Waals surface area (Å²) in [6, 6.07) is 25.1. The molecule has 0 saturated heterocycles. The molecule has 4 aromatic rings. The summed E-state index contributed by atoms with van der Waals surface area (Å²) in [5.41, 5.74) is 1.91. The number of para-hydroxylation sites is 2. The molecule has 4 rings (SSSR count). The number of aromatic nitrogens is 1. The fourth-order valence-electron chi connectivity index (χ4n) is 2.76. The topological polar surface area (TPSA) is 52.3 Å². The Bertz CT molecular complexity index is 1100. The minimum absolute atomic E-state index is 0.167. The molecule has 28 heavy (non-hydrogen) atoms. The van der Waals surface area contributed by atoms with Crippen molar-refractivity contribution in [1.82, 2.24) is 4.98 Å². The molecule has 1 aromatic heterocycles. The van der Waals surface area contributed by atoms with E-state index in [1.165, 1.54) is 12.3 Å². The van der Waals surface area contributed by atoms with Gasteiger partial charge in [0.05, 0.1) is 6.20 Å². The minimum Gasteiger partial charge on any atom is -0.457 e. The quantitative estimate of drug-likeness (QED) is 0.318. The number of oxazole rings is 1. The predicted molar refractivity (Wildman–Crippen MR) is 107 cm³/mol. The van der Waals surface area contributed by atoms with Crippen LogP contribution in [0.25, 0.3) is 17.5 Å². The zero-order valence-electron chi connectivity index (χ0n) is 14.9. The number of ketones is 1. The van der Waals surface area contributed by atoms with Crippen LogP contribution < -0.4 is 4.74 Å². The highest BCUT2D eigenvalue weighted by molar-refractivity contribution is 6.10. The van der Waals surface area contributed by atoms with Crippen molar-refractivity contribution < 1.29 is 13.9 Å². The van der Waals surface area contributed by atoms with Gasteiger partial charge >= 0.3 is 0 Å². The molecule has 0 spiro atoms. The van der Waals surface area contributed by atoms with Gasteiger partial charge in [0, 0.05) is 16.7 Å². The molecule has 135 valence electrons. The van der Waals surface area contributed by atoms with Gasteiger partial charge in [0.15, 0.2) is 5.78 Å². The fraction of sp³-hybridized carbons (Fsp3) is 0. The third kappa shape index (κ3) is 3.91. The Kier molecular flexibility index (Phi) is 5.11. The number of carbonyl (C=O) groups is 1. The van der Waals surface area contributed by atoms with Gasteiger partial charge in [-0.1, -0.05) is 42.5 Å². The summed E-state index contributed by atoms with van der Waals surface area (Å²) in [7, 11) is 0. The molecule has 4 nitrogen and oxygen atoms in total. The van der Waals surface area contributed by atoms with Crippen molar-refractivity contribution in [3.8, 4) is 23.0 Å². The van der Waals surface area contributed by atoms with Crippen LogP contribution in [0.3, 0.4) is 0 Å². The molecule has 0 unspecified atom stereocenters. The van der Waals surface area contributed by atoms with Crippen molar-refractivity contribution >= 4 is 11.9 Å². The van der Waals surface area contributed by atoms with Crippen molar-refractivity contribution in [2.24, 2.45) is 0 Å². The number of hydrogen-bond acceptors (Lipinski definition) is 4. The SMILES string of the molecule is O=C(C=Cc1ccccc1Oc1ccccc1)c1c[c]ccc1-c1ncco1. The van der Waals surface area contributed by atoms with Crippen LogP contribution in [0, 0.1) is 6.07 Å². The monoisotopic (exact) mass is 366 g/mol. The smallest absolute Gasteiger partial charge is 0.226 e. The first-order valence-corrected chi connectivity index (χ1v) is 8.75. The summed E-state index contributed by atoms with van der Waals surface area (Å²) in [6.45, 7) is 0. The van der Waals surface area contributed by atoms with Crippen molar-refractivity contribution in [1.29, 1.82) is 0 Å². The number of hydrogen-bond donors (Lipinski definition) is 0. The molecule has 1 radical (unpaired) electrons. The van der Waals surface area contributed by atoms with E-state index in [0.29, 0.717) is 22.8 Å². The van der Waals surface area contributed by atoms with Crippen molar-refractivity contribution in [3.63, 3.8) is 0 Å². The lowest BCUT2D eigenvalue weighted by atomic mass is 10.0. The van der Waals surface area contributed by atoms with E-state index in [0.717, 1.165) is 11.3 Å². The third-order valence-corrected chi connectivity index (χ3v) is 4.10. The molecule has 0 aliphatic rings. The second kappa shape index (κ2) is 8.18. The molecular weight excluding hydrogens is 350 g/mol. The molecule has 0 fully saturated rings. The number of nitrogens with zero attached hydrogens (tertiary/aromatic N) is 1. The average molecular weight is 366 g/mol. The van der Waals surface area contributed by atoms with Gasteiger partial charge in [-0.15, -0.1) is 0 Å². The molecule has 4 heteroatoms. The largest absolute Gasteiger partial charge is 0.457 e. The van der Waals surface area contributed by atoms with Gasteiger partial charge in [-0.05, 0) is 48.6 Å². The summed E-state index contributed by atoms with van der Waals surface area (Å²) < 4.78 is 11.3. The van der Waals surface area contributed by atoms with E-state index in [1.54, 1.807) is 30.5 Å². The zero-order chi connectivity index (χ0) is 19.2. The second-order valence-electron chi connectivity index (χ2n) is 5.96. The van der Waals surface area contributed by atoms with Crippen LogP contribution in [-0.2, 0) is 0 Å². The molecular formula is C24H16NO3. The van der Waals surface area contributed by atoms with Crippen LogP contribution in [-0.4, -0.2) is 10.8 Å². The zero-order valence-corrected chi connectivity index (χ0v) is 14.9. The van der Waals surface area contributed by atoms with Crippen molar-refractivity contribution in [2.45, 2.75) is 0 Å². The maximum Gasteiger partial charge on any atom is 0.226 e. The standard InChI is InChI=1S/C24H16NO3/c26-22(20-11-5-6-12-21(20)24-25-16-17-27-24)15-14-18-8-4-7-13-23(18)28-19-9-2-1-3-10-19/h1-4,6-17H. The van der Waals surface area contributed by atoms with Gasteiger partial charge in [0.1, 0.15) is 17.8 Å². The third-order valence-electron chi connectivity index (χ3n) is 4.10. The summed E-state index contributed by atoms with van der Waals surface area (Å²) >= 11 is 0. The number of rotatable bonds is 6. The van der Waals surface area contributed by atoms with Gasteiger partial charge in [0.25, 0.3) is 0 Å². The molecule has 0 aliphatic heterocycles. The Morgan fingerprint density at radius 1 is 1.04 bits per heavy atom. The minimum atomic E-state index is -0.167. The molecule has 1 heterocycles. The summed E-state index contributed by atoms with van der Waals surface area (Å²) in [5.74, 6) is 1.64. The van der Waals surface area contributed by atoms with Crippen LogP contribution in [0.4, 0.5) is 0 Å². The van der Waals surface area contributed by atoms with E-state index in [-0.39, 0.29) is 5.78 Å². The molecule has 0 aliphatic carbocycles. The predicted octanol–water partition coefficient (Wildman–Crippen LogP) is 5.83. The van der Waals surface area contributed by atoms with Crippen molar-refractivity contribution in [2.75, 3.05) is 0 Å². The lowest BCUT2D eigenvalue weighted by molar-refractivity contribution is 0.104. The Morgan fingerprint density at radius 2 is 1.86 bits per heavy atom. The normalized spacial score (nSPS) is 10.9. The van der Waals surface area contributed by atoms with Crippen LogP contribution in [0.15, 0.2) is 95.7 Å². The highest BCUT2D eigenvalue weighted by Gasteiger charge is 2.13. The highest BCUT2D eigenvalue weighted by Crippen LogP contribution is 2.27. The number of benzene rings is 3. The van der Waals surface area contributed by atoms with Gasteiger partial charge in [-0.25, -0.2) is 4.98 Å². The lowest BCUT2D eigenvalue weighted by Crippen LogP contribution is -1.98.